The van der Waals surface area contributed by atoms with Crippen molar-refractivity contribution >= 4 is 39.3 Å². The van der Waals surface area contributed by atoms with Crippen molar-refractivity contribution in [2.24, 2.45) is 5.41 Å². The average molecular weight is 899 g/mol. The number of unbranched alkanes of at least 4 members (excludes halogenated alkanes) is 6. The van der Waals surface area contributed by atoms with Gasteiger partial charge in [0.05, 0.1) is 11.5 Å². The number of aromatic hydroxyl groups is 1. The average Bonchev–Trinajstić information content (AvgIpc) is 3.87. The van der Waals surface area contributed by atoms with E-state index in [2.05, 4.69) is 25.4 Å². The summed E-state index contributed by atoms with van der Waals surface area (Å²) in [4.78, 5) is 46.6. The first kappa shape index (κ1) is 46.8. The topological polar surface area (TPSA) is 156 Å². The van der Waals surface area contributed by atoms with Gasteiger partial charge in [0.25, 0.3) is 0 Å². The molecule has 4 fully saturated rings. The number of nitrogens with zero attached hydrogens (tertiary/aromatic N) is 6. The Labute approximate surface area is 381 Å². The van der Waals surface area contributed by atoms with Gasteiger partial charge in [0.1, 0.15) is 40.7 Å². The first-order valence-corrected chi connectivity index (χ1v) is 24.2. The van der Waals surface area contributed by atoms with Crippen molar-refractivity contribution in [1.82, 2.24) is 35.4 Å². The number of carbonyl (C=O) groups excluding carboxylic acids is 2. The van der Waals surface area contributed by atoms with Crippen LogP contribution in [-0.2, 0) is 16.0 Å². The second kappa shape index (κ2) is 20.4. The maximum Gasteiger partial charge on any atom is 0.319 e. The van der Waals surface area contributed by atoms with Gasteiger partial charge in [-0.05, 0) is 97.9 Å². The molecule has 0 saturated carbocycles. The standard InChI is InChI=1S/C50H68F2N8O5/c1-5-37-40(51)17-14-31-25-35(62)26-38(42(31)37)44-43(52)45-39(27-53-44)47(60-28-32-15-16-33(29-60)54-32)57-49(56-45)65-36-19-22-58(23-20-36)21-12-10-8-6-7-9-11-13-41(63)55-46(50(2,3)4)48(64)59-24-18-34(61)30-59/h14,17,25-27,32-34,36,46,54,61-62H,5-13,15-16,18-24,28-30H2,1-4H3,(H,55,63)/t32?,33?,34-,46?/m1/s1. The summed E-state index contributed by atoms with van der Waals surface area (Å²) in [6.07, 6.45) is 13.5. The number of aliphatic hydroxyl groups excluding tert-OH is 1. The summed E-state index contributed by atoms with van der Waals surface area (Å²) in [6, 6.07) is 6.15. The molecule has 65 heavy (non-hydrogen) atoms. The van der Waals surface area contributed by atoms with Gasteiger partial charge in [0.2, 0.25) is 11.8 Å². The zero-order valence-electron chi connectivity index (χ0n) is 38.7. The number of aromatic nitrogens is 3. The Morgan fingerprint density at radius 3 is 2.31 bits per heavy atom. The number of ether oxygens (including phenoxy) is 1. The first-order chi connectivity index (χ1) is 31.2. The lowest BCUT2D eigenvalue weighted by molar-refractivity contribution is -0.138. The molecule has 0 radical (unpaired) electrons. The fourth-order valence-corrected chi connectivity index (χ4v) is 10.4. The van der Waals surface area contributed by atoms with E-state index in [1.807, 2.05) is 27.7 Å². The monoisotopic (exact) mass is 899 g/mol. The summed E-state index contributed by atoms with van der Waals surface area (Å²) < 4.78 is 38.7. The van der Waals surface area contributed by atoms with Crippen molar-refractivity contribution in [2.75, 3.05) is 50.7 Å². The van der Waals surface area contributed by atoms with Crippen LogP contribution < -0.4 is 20.3 Å². The van der Waals surface area contributed by atoms with Crippen LogP contribution in [0, 0.1) is 17.0 Å². The molecule has 3 unspecified atom stereocenters. The van der Waals surface area contributed by atoms with E-state index in [9.17, 15) is 19.8 Å². The van der Waals surface area contributed by atoms with Crippen LogP contribution in [0.5, 0.6) is 11.8 Å². The minimum absolute atomic E-state index is 0.0104. The normalized spacial score (nSPS) is 21.1. The molecule has 8 rings (SSSR count). The van der Waals surface area contributed by atoms with E-state index in [1.54, 1.807) is 23.2 Å². The Kier molecular flexibility index (Phi) is 14.7. The molecule has 4 aliphatic heterocycles. The number of hydrogen-bond donors (Lipinski definition) is 4. The number of anilines is 1. The van der Waals surface area contributed by atoms with Crippen molar-refractivity contribution in [3.05, 3.63) is 47.7 Å². The van der Waals surface area contributed by atoms with E-state index in [0.29, 0.717) is 77.5 Å². The van der Waals surface area contributed by atoms with E-state index in [0.717, 1.165) is 103 Å². The molecule has 0 aliphatic carbocycles. The highest BCUT2D eigenvalue weighted by Gasteiger charge is 2.38. The number of phenols is 1. The number of piperazine rings is 1. The molecular formula is C50H68F2N8O5. The van der Waals surface area contributed by atoms with Crippen LogP contribution >= 0.6 is 0 Å². The highest BCUT2D eigenvalue weighted by molar-refractivity contribution is 6.02. The molecule has 13 nitrogen and oxygen atoms in total. The fraction of sp³-hybridized carbons (Fsp3) is 0.620. The second-order valence-electron chi connectivity index (χ2n) is 20.0. The van der Waals surface area contributed by atoms with E-state index in [-0.39, 0.29) is 40.9 Å². The molecule has 15 heteroatoms. The molecule has 4 aromatic rings. The lowest BCUT2D eigenvalue weighted by atomic mass is 9.85. The number of aryl methyl sites for hydroxylation is 1. The smallest absolute Gasteiger partial charge is 0.319 e. The molecule has 0 spiro atoms. The Morgan fingerprint density at radius 2 is 1.63 bits per heavy atom. The minimum Gasteiger partial charge on any atom is -0.508 e. The number of likely N-dealkylation sites (tertiary alicyclic amines) is 2. The van der Waals surface area contributed by atoms with Gasteiger partial charge in [0, 0.05) is 69.5 Å². The number of halogens is 2. The number of nitrogens with one attached hydrogen (secondary N) is 2. The minimum atomic E-state index is -0.662. The van der Waals surface area contributed by atoms with Crippen LogP contribution in [0.15, 0.2) is 30.5 Å². The summed E-state index contributed by atoms with van der Waals surface area (Å²) in [5.74, 6) is -0.715. The molecule has 2 aromatic carbocycles. The first-order valence-electron chi connectivity index (χ1n) is 24.2. The molecule has 4 saturated heterocycles. The Bertz CT molecular complexity index is 2320. The number of rotatable bonds is 17. The maximum absolute atomic E-state index is 17.0. The second-order valence-corrected chi connectivity index (χ2v) is 20.0. The Balaban J connectivity index is 0.828. The third-order valence-corrected chi connectivity index (χ3v) is 14.0. The lowest BCUT2D eigenvalue weighted by Gasteiger charge is -2.35. The van der Waals surface area contributed by atoms with Gasteiger partial charge in [-0.15, -0.1) is 0 Å². The summed E-state index contributed by atoms with van der Waals surface area (Å²) >= 11 is 0. The number of β-amino-alcohol motifs (C(OH)–C–C–N with tert-alkyl or cyclic N) is 1. The molecule has 4 aliphatic rings. The van der Waals surface area contributed by atoms with Crippen LogP contribution in [0.4, 0.5) is 14.6 Å². The molecule has 2 bridgehead atoms. The number of phenolic OH excluding ortho intramolecular Hbond substituents is 1. The van der Waals surface area contributed by atoms with Gasteiger partial charge in [-0.25, -0.2) is 8.78 Å². The molecule has 4 atom stereocenters. The zero-order valence-corrected chi connectivity index (χ0v) is 38.7. The third-order valence-electron chi connectivity index (χ3n) is 14.0. The van der Waals surface area contributed by atoms with Gasteiger partial charge in [0.15, 0.2) is 5.82 Å². The van der Waals surface area contributed by atoms with E-state index in [1.165, 1.54) is 12.1 Å². The van der Waals surface area contributed by atoms with Gasteiger partial charge >= 0.3 is 6.01 Å². The largest absolute Gasteiger partial charge is 0.508 e. The number of amides is 2. The number of pyridine rings is 1. The summed E-state index contributed by atoms with van der Waals surface area (Å²) in [7, 11) is 0. The van der Waals surface area contributed by atoms with Gasteiger partial charge < -0.3 is 40.3 Å². The molecular weight excluding hydrogens is 831 g/mol. The van der Waals surface area contributed by atoms with Crippen molar-refractivity contribution in [2.45, 2.75) is 148 Å². The van der Waals surface area contributed by atoms with E-state index >= 15 is 8.78 Å². The van der Waals surface area contributed by atoms with E-state index in [4.69, 9.17) is 14.7 Å². The third kappa shape index (κ3) is 10.9. The molecule has 352 valence electrons. The van der Waals surface area contributed by atoms with Crippen molar-refractivity contribution < 1.29 is 33.3 Å². The number of piperidine rings is 1. The van der Waals surface area contributed by atoms with E-state index < -0.39 is 29.2 Å². The van der Waals surface area contributed by atoms with Gasteiger partial charge in [-0.3, -0.25) is 14.6 Å². The SMILES string of the molecule is CCc1c(F)ccc2cc(O)cc(-c3ncc4c(N5CC6CCC(C5)N6)nc(OC5CCN(CCCCCCCCCC(=O)NC(C(=O)N6CC[C@@H](O)C6)C(C)(C)C)CC5)nc4c3F)c12. The summed E-state index contributed by atoms with van der Waals surface area (Å²) in [5, 5.41) is 28.8. The van der Waals surface area contributed by atoms with Crippen LogP contribution in [0.3, 0.4) is 0 Å². The highest BCUT2D eigenvalue weighted by atomic mass is 19.1. The number of benzene rings is 2. The predicted octanol–water partition coefficient (Wildman–Crippen LogP) is 7.42. The molecule has 2 amide bonds. The van der Waals surface area contributed by atoms with Crippen LogP contribution in [0.25, 0.3) is 32.9 Å². The number of carbonyl (C=O) groups is 2. The molecule has 4 N–H and O–H groups in total. The van der Waals surface area contributed by atoms with Crippen molar-refractivity contribution in [1.29, 1.82) is 0 Å². The zero-order chi connectivity index (χ0) is 45.8. The molecule has 6 heterocycles. The number of hydrogen-bond acceptors (Lipinski definition) is 11. The van der Waals surface area contributed by atoms with Crippen LogP contribution in [-0.4, -0.2) is 123 Å². The quantitative estimate of drug-likeness (QED) is 0.0783. The van der Waals surface area contributed by atoms with Gasteiger partial charge in [-0.1, -0.05) is 65.9 Å². The Hall–Kier alpha value is -4.73. The number of fused-ring (bicyclic) bond motifs is 4. The van der Waals surface area contributed by atoms with Crippen LogP contribution in [0.1, 0.15) is 117 Å². The van der Waals surface area contributed by atoms with Crippen molar-refractivity contribution in [3.63, 3.8) is 0 Å². The Morgan fingerprint density at radius 1 is 0.923 bits per heavy atom. The highest BCUT2D eigenvalue weighted by Crippen LogP contribution is 2.40. The predicted molar refractivity (Wildman–Crippen MR) is 249 cm³/mol. The fourth-order valence-electron chi connectivity index (χ4n) is 10.4. The van der Waals surface area contributed by atoms with Crippen LogP contribution in [0.2, 0.25) is 0 Å². The van der Waals surface area contributed by atoms with Gasteiger partial charge in [-0.2, -0.15) is 9.97 Å². The van der Waals surface area contributed by atoms with Crippen molar-refractivity contribution in [3.8, 4) is 23.0 Å². The number of aliphatic hydroxyl groups is 1. The summed E-state index contributed by atoms with van der Waals surface area (Å²) in [6.45, 7) is 12.8. The maximum atomic E-state index is 17.0. The lowest BCUT2D eigenvalue weighted by Crippen LogP contribution is -2.54. The summed E-state index contributed by atoms with van der Waals surface area (Å²) in [5.41, 5.74) is 0.403. The molecule has 2 aromatic heterocycles.